The molecule has 2 aromatic rings. The Morgan fingerprint density at radius 3 is 2.96 bits per heavy atom. The Balaban J connectivity index is 1.50. The molecule has 0 saturated carbocycles. The molecule has 0 spiro atoms. The number of hydrogen-bond acceptors (Lipinski definition) is 6. The lowest BCUT2D eigenvalue weighted by molar-refractivity contribution is -0.133. The molecule has 1 unspecified atom stereocenters. The van der Waals surface area contributed by atoms with E-state index in [9.17, 15) is 9.90 Å². The minimum Gasteiger partial charge on any atom is -0.386 e. The summed E-state index contributed by atoms with van der Waals surface area (Å²) in [4.78, 5) is 28.5. The van der Waals surface area contributed by atoms with Crippen LogP contribution >= 0.6 is 0 Å². The van der Waals surface area contributed by atoms with Crippen molar-refractivity contribution in [2.45, 2.75) is 37.8 Å². The molecule has 0 aromatic carbocycles. The highest BCUT2D eigenvalue weighted by atomic mass is 16.3. The predicted octanol–water partition coefficient (Wildman–Crippen LogP) is 0.943. The van der Waals surface area contributed by atoms with Crippen LogP contribution in [0.15, 0.2) is 37.3 Å². The van der Waals surface area contributed by atoms with Crippen molar-refractivity contribution in [3.63, 3.8) is 0 Å². The van der Waals surface area contributed by atoms with E-state index < -0.39 is 5.60 Å². The number of imidazole rings is 1. The number of aliphatic hydroxyl groups is 1. The number of anilines is 1. The summed E-state index contributed by atoms with van der Waals surface area (Å²) in [6.07, 6.45) is 13.1. The number of nitrogens with zero attached hydrogens (tertiary/aromatic N) is 6. The smallest absolute Gasteiger partial charge is 0.222 e. The van der Waals surface area contributed by atoms with Crippen LogP contribution in [-0.4, -0.2) is 67.7 Å². The summed E-state index contributed by atoms with van der Waals surface area (Å²) in [7, 11) is 1.76. The number of amides is 1. The molecule has 1 aliphatic heterocycles. The largest absolute Gasteiger partial charge is 0.386 e. The van der Waals surface area contributed by atoms with Crippen LogP contribution in [0.3, 0.4) is 0 Å². The molecule has 8 nitrogen and oxygen atoms in total. The number of hydrogen-bond donors (Lipinski definition) is 1. The van der Waals surface area contributed by atoms with Gasteiger partial charge in [0.2, 0.25) is 5.91 Å². The Morgan fingerprint density at radius 2 is 2.23 bits per heavy atom. The van der Waals surface area contributed by atoms with E-state index in [1.165, 1.54) is 0 Å². The second-order valence-electron chi connectivity index (χ2n) is 6.97. The lowest BCUT2D eigenvalue weighted by Gasteiger charge is -2.41. The van der Waals surface area contributed by atoms with Gasteiger partial charge in [-0.1, -0.05) is 0 Å². The normalized spacial score (nSPS) is 20.2. The highest BCUT2D eigenvalue weighted by Gasteiger charge is 2.35. The van der Waals surface area contributed by atoms with Gasteiger partial charge in [-0.15, -0.1) is 0 Å². The molecule has 1 saturated heterocycles. The summed E-state index contributed by atoms with van der Waals surface area (Å²) in [5.74, 6) is 0.815. The topological polar surface area (TPSA) is 87.4 Å². The van der Waals surface area contributed by atoms with E-state index in [1.54, 1.807) is 43.1 Å². The zero-order valence-corrected chi connectivity index (χ0v) is 15.2. The lowest BCUT2D eigenvalue weighted by Crippen LogP contribution is -2.54. The van der Waals surface area contributed by atoms with Crippen molar-refractivity contribution in [3.05, 3.63) is 37.3 Å². The summed E-state index contributed by atoms with van der Waals surface area (Å²) in [5, 5.41) is 11.0. The summed E-state index contributed by atoms with van der Waals surface area (Å²) in [6, 6.07) is 0. The summed E-state index contributed by atoms with van der Waals surface area (Å²) in [5.41, 5.74) is -0.926. The van der Waals surface area contributed by atoms with Crippen LogP contribution in [-0.2, 0) is 11.3 Å². The molecule has 26 heavy (non-hydrogen) atoms. The van der Waals surface area contributed by atoms with Crippen LogP contribution in [0.5, 0.6) is 0 Å². The first-order valence-corrected chi connectivity index (χ1v) is 8.99. The van der Waals surface area contributed by atoms with Gasteiger partial charge >= 0.3 is 0 Å². The number of β-amino-alcohol motifs (C(OH)–C–C–N with tert-alkyl or cyclic N) is 1. The minimum absolute atomic E-state index is 0.0511. The van der Waals surface area contributed by atoms with Crippen molar-refractivity contribution >= 4 is 11.7 Å². The van der Waals surface area contributed by atoms with Gasteiger partial charge in [0.1, 0.15) is 5.82 Å². The van der Waals surface area contributed by atoms with Gasteiger partial charge in [0.25, 0.3) is 0 Å². The van der Waals surface area contributed by atoms with Gasteiger partial charge in [-0.3, -0.25) is 9.78 Å². The minimum atomic E-state index is -0.926. The van der Waals surface area contributed by atoms with E-state index in [4.69, 9.17) is 0 Å². The molecule has 1 atom stereocenters. The fourth-order valence-electron chi connectivity index (χ4n) is 3.44. The molecule has 1 amide bonds. The predicted molar refractivity (Wildman–Crippen MR) is 97.5 cm³/mol. The first-order chi connectivity index (χ1) is 12.6. The zero-order valence-electron chi connectivity index (χ0n) is 15.2. The Hall–Kier alpha value is -2.48. The lowest BCUT2D eigenvalue weighted by atomic mass is 9.92. The highest BCUT2D eigenvalue weighted by Crippen LogP contribution is 2.25. The van der Waals surface area contributed by atoms with Gasteiger partial charge in [0, 0.05) is 57.9 Å². The van der Waals surface area contributed by atoms with Crippen molar-refractivity contribution in [2.75, 3.05) is 31.6 Å². The first-order valence-electron chi connectivity index (χ1n) is 8.99. The Kier molecular flexibility index (Phi) is 5.82. The van der Waals surface area contributed by atoms with Crippen molar-refractivity contribution in [1.29, 1.82) is 0 Å². The molecule has 3 heterocycles. The fraction of sp³-hybridized carbons (Fsp3) is 0.556. The van der Waals surface area contributed by atoms with E-state index in [1.807, 2.05) is 15.7 Å². The molecular weight excluding hydrogens is 332 g/mol. The van der Waals surface area contributed by atoms with Gasteiger partial charge in [0.05, 0.1) is 24.7 Å². The SMILES string of the molecule is CN(CC1(O)CCCN(c2cnccn2)C1)C(=O)CCCn1ccnc1. The molecule has 1 aliphatic rings. The molecular formula is C18H26N6O2. The third-order valence-corrected chi connectivity index (χ3v) is 4.75. The molecule has 1 N–H and O–H groups in total. The maximum atomic E-state index is 12.4. The Labute approximate surface area is 153 Å². The molecule has 1 fully saturated rings. The maximum Gasteiger partial charge on any atom is 0.222 e. The van der Waals surface area contributed by atoms with Gasteiger partial charge in [0.15, 0.2) is 0 Å². The third-order valence-electron chi connectivity index (χ3n) is 4.75. The molecule has 3 rings (SSSR count). The van der Waals surface area contributed by atoms with E-state index >= 15 is 0 Å². The summed E-state index contributed by atoms with van der Waals surface area (Å²) >= 11 is 0. The van der Waals surface area contributed by atoms with Crippen LogP contribution in [0.1, 0.15) is 25.7 Å². The number of piperidine rings is 1. The van der Waals surface area contributed by atoms with E-state index in [0.717, 1.165) is 31.7 Å². The molecule has 0 aliphatic carbocycles. The molecule has 2 aromatic heterocycles. The average Bonchev–Trinajstić information content (AvgIpc) is 3.15. The molecule has 8 heteroatoms. The van der Waals surface area contributed by atoms with Crippen LogP contribution in [0.25, 0.3) is 0 Å². The number of carbonyl (C=O) groups is 1. The van der Waals surface area contributed by atoms with Crippen molar-refractivity contribution in [1.82, 2.24) is 24.4 Å². The van der Waals surface area contributed by atoms with Crippen molar-refractivity contribution in [2.24, 2.45) is 0 Å². The third kappa shape index (κ3) is 4.78. The first kappa shape index (κ1) is 18.3. The monoisotopic (exact) mass is 358 g/mol. The Morgan fingerprint density at radius 1 is 1.35 bits per heavy atom. The standard InChI is InChI=1S/C18H26N6O2/c1-22(17(25)4-2-9-23-11-8-20-15-23)13-18(26)5-3-10-24(14-18)16-12-19-6-7-21-16/h6-8,11-12,15,26H,2-5,9-10,13-14H2,1H3. The van der Waals surface area contributed by atoms with Gasteiger partial charge in [-0.05, 0) is 19.3 Å². The maximum absolute atomic E-state index is 12.4. The Bertz CT molecular complexity index is 693. The van der Waals surface area contributed by atoms with Crippen LogP contribution in [0.4, 0.5) is 5.82 Å². The van der Waals surface area contributed by atoms with E-state index in [0.29, 0.717) is 25.9 Å². The molecule has 140 valence electrons. The zero-order chi connectivity index (χ0) is 18.4. The summed E-state index contributed by atoms with van der Waals surface area (Å²) < 4.78 is 1.96. The highest BCUT2D eigenvalue weighted by molar-refractivity contribution is 5.75. The van der Waals surface area contributed by atoms with Gasteiger partial charge in [-0.25, -0.2) is 9.97 Å². The average molecular weight is 358 g/mol. The van der Waals surface area contributed by atoms with Crippen molar-refractivity contribution in [3.8, 4) is 0 Å². The number of aromatic nitrogens is 4. The number of rotatable bonds is 7. The van der Waals surface area contributed by atoms with Gasteiger partial charge < -0.3 is 19.5 Å². The van der Waals surface area contributed by atoms with Crippen LogP contribution in [0.2, 0.25) is 0 Å². The molecule has 0 bridgehead atoms. The van der Waals surface area contributed by atoms with Crippen molar-refractivity contribution < 1.29 is 9.90 Å². The number of aryl methyl sites for hydroxylation is 1. The fourth-order valence-corrected chi connectivity index (χ4v) is 3.44. The van der Waals surface area contributed by atoms with Crippen LogP contribution in [0, 0.1) is 0 Å². The number of carbonyl (C=O) groups excluding carboxylic acids is 1. The second-order valence-corrected chi connectivity index (χ2v) is 6.97. The van der Waals surface area contributed by atoms with E-state index in [-0.39, 0.29) is 5.91 Å². The second kappa shape index (κ2) is 8.27. The number of likely N-dealkylation sites (N-methyl/N-ethyl adjacent to an activating group) is 1. The van der Waals surface area contributed by atoms with Crippen LogP contribution < -0.4 is 4.90 Å². The van der Waals surface area contributed by atoms with E-state index in [2.05, 4.69) is 15.0 Å². The summed E-state index contributed by atoms with van der Waals surface area (Å²) in [6.45, 7) is 2.39. The quantitative estimate of drug-likeness (QED) is 0.793. The molecule has 0 radical (unpaired) electrons. The van der Waals surface area contributed by atoms with Gasteiger partial charge in [-0.2, -0.15) is 0 Å².